The number of likely N-dealkylation sites (N-methyl/N-ethyl adjacent to an activating group) is 1. The molecular weight excluding hydrogens is 276 g/mol. The maximum absolute atomic E-state index is 12.0. The molecule has 0 fully saturated rings. The van der Waals surface area contributed by atoms with Crippen LogP contribution in [0.25, 0.3) is 0 Å². The van der Waals surface area contributed by atoms with Crippen molar-refractivity contribution in [3.05, 3.63) is 34.9 Å². The van der Waals surface area contributed by atoms with Crippen LogP contribution < -0.4 is 5.32 Å². The summed E-state index contributed by atoms with van der Waals surface area (Å²) in [5.74, 6) is 0.0857. The number of hydrogen-bond acceptors (Lipinski definition) is 3. The summed E-state index contributed by atoms with van der Waals surface area (Å²) in [6.07, 6.45) is 0.817. The fourth-order valence-electron chi connectivity index (χ4n) is 1.84. The molecule has 1 aromatic carbocycles. The van der Waals surface area contributed by atoms with Crippen LogP contribution in [0.15, 0.2) is 24.3 Å². The second kappa shape index (κ2) is 8.95. The lowest BCUT2D eigenvalue weighted by Crippen LogP contribution is -2.42. The summed E-state index contributed by atoms with van der Waals surface area (Å²) >= 11 is 5.86. The molecule has 0 heterocycles. The van der Waals surface area contributed by atoms with E-state index in [2.05, 4.69) is 5.32 Å². The van der Waals surface area contributed by atoms with E-state index in [1.54, 1.807) is 12.0 Å². The summed E-state index contributed by atoms with van der Waals surface area (Å²) in [5.41, 5.74) is 1.17. The van der Waals surface area contributed by atoms with Gasteiger partial charge in [0.15, 0.2) is 0 Å². The Morgan fingerprint density at radius 2 is 2.05 bits per heavy atom. The van der Waals surface area contributed by atoms with Gasteiger partial charge in [0.05, 0.1) is 13.2 Å². The number of nitrogens with one attached hydrogen (secondary N) is 1. The van der Waals surface area contributed by atoms with E-state index in [1.807, 2.05) is 38.2 Å². The van der Waals surface area contributed by atoms with Crippen molar-refractivity contribution in [1.82, 2.24) is 10.2 Å². The minimum absolute atomic E-state index is 0.0857. The van der Waals surface area contributed by atoms with Crippen LogP contribution in [0, 0.1) is 0 Å². The number of ether oxygens (including phenoxy) is 1. The predicted octanol–water partition coefficient (Wildman–Crippen LogP) is 1.97. The molecule has 0 spiro atoms. The van der Waals surface area contributed by atoms with Crippen LogP contribution in [0.1, 0.15) is 12.5 Å². The van der Waals surface area contributed by atoms with Gasteiger partial charge in [0.1, 0.15) is 0 Å². The summed E-state index contributed by atoms with van der Waals surface area (Å²) in [6.45, 7) is 3.67. The van der Waals surface area contributed by atoms with E-state index in [9.17, 15) is 4.79 Å². The number of rotatable bonds is 8. The smallest absolute Gasteiger partial charge is 0.236 e. The lowest BCUT2D eigenvalue weighted by atomic mass is 10.1. The van der Waals surface area contributed by atoms with Gasteiger partial charge in [-0.25, -0.2) is 0 Å². The molecule has 0 aliphatic heterocycles. The quantitative estimate of drug-likeness (QED) is 0.746. The van der Waals surface area contributed by atoms with Gasteiger partial charge in [-0.1, -0.05) is 23.7 Å². The molecular formula is C15H23ClN2O2. The lowest BCUT2D eigenvalue weighted by molar-refractivity contribution is -0.130. The maximum Gasteiger partial charge on any atom is 0.236 e. The van der Waals surface area contributed by atoms with Crippen molar-refractivity contribution in [2.45, 2.75) is 19.4 Å². The Kier molecular flexibility index (Phi) is 7.59. The number of methoxy groups -OCH3 is 1. The van der Waals surface area contributed by atoms with E-state index in [0.717, 1.165) is 11.4 Å². The zero-order valence-electron chi connectivity index (χ0n) is 12.4. The largest absolute Gasteiger partial charge is 0.383 e. The van der Waals surface area contributed by atoms with Crippen LogP contribution in [0.3, 0.4) is 0 Å². The molecule has 1 aromatic rings. The van der Waals surface area contributed by atoms with Gasteiger partial charge in [-0.15, -0.1) is 0 Å². The number of amides is 1. The van der Waals surface area contributed by atoms with Crippen LogP contribution >= 0.6 is 11.6 Å². The van der Waals surface area contributed by atoms with Gasteiger partial charge in [0.25, 0.3) is 0 Å². The van der Waals surface area contributed by atoms with E-state index in [0.29, 0.717) is 19.7 Å². The molecule has 0 bridgehead atoms. The Bertz CT molecular complexity index is 409. The third kappa shape index (κ3) is 5.90. The van der Waals surface area contributed by atoms with Gasteiger partial charge >= 0.3 is 0 Å². The second-order valence-electron chi connectivity index (χ2n) is 4.85. The van der Waals surface area contributed by atoms with Crippen molar-refractivity contribution < 1.29 is 9.53 Å². The van der Waals surface area contributed by atoms with Gasteiger partial charge in [-0.3, -0.25) is 4.79 Å². The molecule has 1 rings (SSSR count). The minimum atomic E-state index is 0.0857. The van der Waals surface area contributed by atoms with Crippen LogP contribution in [-0.4, -0.2) is 50.7 Å². The topological polar surface area (TPSA) is 41.6 Å². The van der Waals surface area contributed by atoms with Crippen molar-refractivity contribution in [3.63, 3.8) is 0 Å². The summed E-state index contributed by atoms with van der Waals surface area (Å²) < 4.78 is 4.92. The maximum atomic E-state index is 12.0. The van der Waals surface area contributed by atoms with Crippen LogP contribution in [0.2, 0.25) is 5.02 Å². The van der Waals surface area contributed by atoms with Crippen molar-refractivity contribution in [2.24, 2.45) is 0 Å². The summed E-state index contributed by atoms with van der Waals surface area (Å²) in [4.78, 5) is 13.8. The van der Waals surface area contributed by atoms with E-state index in [-0.39, 0.29) is 11.9 Å². The molecule has 1 unspecified atom stereocenters. The summed E-state index contributed by atoms with van der Waals surface area (Å²) in [7, 11) is 3.48. The lowest BCUT2D eigenvalue weighted by Gasteiger charge is -2.25. The van der Waals surface area contributed by atoms with E-state index < -0.39 is 0 Å². The molecule has 0 radical (unpaired) electrons. The molecule has 1 N–H and O–H groups in total. The SMILES string of the molecule is COCCNCC(=O)N(C)C(C)Cc1ccc(Cl)cc1. The molecule has 0 aromatic heterocycles. The highest BCUT2D eigenvalue weighted by atomic mass is 35.5. The highest BCUT2D eigenvalue weighted by Crippen LogP contribution is 2.12. The standard InChI is InChI=1S/C15H23ClN2O2/c1-12(10-13-4-6-14(16)7-5-13)18(2)15(19)11-17-8-9-20-3/h4-7,12,17H,8-11H2,1-3H3. The first-order valence-electron chi connectivity index (χ1n) is 6.74. The molecule has 4 nitrogen and oxygen atoms in total. The fourth-order valence-corrected chi connectivity index (χ4v) is 1.96. The van der Waals surface area contributed by atoms with Gasteiger partial charge < -0.3 is 15.0 Å². The third-order valence-electron chi connectivity index (χ3n) is 3.26. The first kappa shape index (κ1) is 17.0. The summed E-state index contributed by atoms with van der Waals surface area (Å²) in [5, 5.41) is 3.79. The summed E-state index contributed by atoms with van der Waals surface area (Å²) in [6, 6.07) is 7.88. The van der Waals surface area contributed by atoms with Crippen molar-refractivity contribution in [1.29, 1.82) is 0 Å². The zero-order valence-corrected chi connectivity index (χ0v) is 13.1. The first-order chi connectivity index (χ1) is 9.54. The highest BCUT2D eigenvalue weighted by Gasteiger charge is 2.15. The van der Waals surface area contributed by atoms with Crippen LogP contribution in [0.5, 0.6) is 0 Å². The van der Waals surface area contributed by atoms with Gasteiger partial charge in [-0.05, 0) is 31.0 Å². The average molecular weight is 299 g/mol. The molecule has 0 saturated carbocycles. The minimum Gasteiger partial charge on any atom is -0.383 e. The van der Waals surface area contributed by atoms with Crippen LogP contribution in [-0.2, 0) is 16.0 Å². The van der Waals surface area contributed by atoms with E-state index in [1.165, 1.54) is 5.56 Å². The average Bonchev–Trinajstić information content (AvgIpc) is 2.45. The number of carbonyl (C=O) groups is 1. The monoisotopic (exact) mass is 298 g/mol. The van der Waals surface area contributed by atoms with E-state index >= 15 is 0 Å². The normalized spacial score (nSPS) is 12.2. The van der Waals surface area contributed by atoms with Crippen LogP contribution in [0.4, 0.5) is 0 Å². The molecule has 1 atom stereocenters. The van der Waals surface area contributed by atoms with Gasteiger partial charge in [0.2, 0.25) is 5.91 Å². The fraction of sp³-hybridized carbons (Fsp3) is 0.533. The predicted molar refractivity (Wildman–Crippen MR) is 82.1 cm³/mol. The zero-order chi connectivity index (χ0) is 15.0. The van der Waals surface area contributed by atoms with E-state index in [4.69, 9.17) is 16.3 Å². The Hall–Kier alpha value is -1.10. The Balaban J connectivity index is 2.39. The van der Waals surface area contributed by atoms with Gasteiger partial charge in [-0.2, -0.15) is 0 Å². The number of benzene rings is 1. The second-order valence-corrected chi connectivity index (χ2v) is 5.29. The number of halogens is 1. The molecule has 20 heavy (non-hydrogen) atoms. The Labute approximate surface area is 126 Å². The third-order valence-corrected chi connectivity index (χ3v) is 3.51. The first-order valence-corrected chi connectivity index (χ1v) is 7.12. The molecule has 0 aliphatic carbocycles. The Morgan fingerprint density at radius 3 is 2.65 bits per heavy atom. The van der Waals surface area contributed by atoms with Crippen molar-refractivity contribution in [3.8, 4) is 0 Å². The highest BCUT2D eigenvalue weighted by molar-refractivity contribution is 6.30. The number of carbonyl (C=O) groups excluding carboxylic acids is 1. The molecule has 112 valence electrons. The number of nitrogens with zero attached hydrogens (tertiary/aromatic N) is 1. The molecule has 0 aliphatic rings. The van der Waals surface area contributed by atoms with Crippen molar-refractivity contribution in [2.75, 3.05) is 33.9 Å². The van der Waals surface area contributed by atoms with Gasteiger partial charge in [0, 0.05) is 31.8 Å². The molecule has 5 heteroatoms. The number of hydrogen-bond donors (Lipinski definition) is 1. The van der Waals surface area contributed by atoms with Crippen molar-refractivity contribution >= 4 is 17.5 Å². The Morgan fingerprint density at radius 1 is 1.40 bits per heavy atom. The molecule has 0 saturated heterocycles. The molecule has 1 amide bonds.